The lowest BCUT2D eigenvalue weighted by atomic mass is 10.1. The molecule has 6 heteroatoms. The predicted octanol–water partition coefficient (Wildman–Crippen LogP) is 4.13. The quantitative estimate of drug-likeness (QED) is 0.646. The van der Waals surface area contributed by atoms with Crippen molar-refractivity contribution in [3.8, 4) is 27.7 Å². The van der Waals surface area contributed by atoms with Gasteiger partial charge in [0.25, 0.3) is 0 Å². The van der Waals surface area contributed by atoms with Gasteiger partial charge in [-0.2, -0.15) is 0 Å². The third kappa shape index (κ3) is 4.15. The van der Waals surface area contributed by atoms with Crippen molar-refractivity contribution < 1.29 is 14.2 Å². The van der Waals surface area contributed by atoms with Gasteiger partial charge in [0, 0.05) is 36.5 Å². The van der Waals surface area contributed by atoms with Crippen LogP contribution in [0.1, 0.15) is 10.6 Å². The highest BCUT2D eigenvalue weighted by Gasteiger charge is 2.11. The molecule has 0 fully saturated rings. The number of hydrogen-bond donors (Lipinski definition) is 1. The van der Waals surface area contributed by atoms with Crippen LogP contribution in [0.15, 0.2) is 48.7 Å². The molecule has 1 N–H and O–H groups in total. The Balaban J connectivity index is 1.67. The van der Waals surface area contributed by atoms with Crippen LogP contribution in [0.5, 0.6) is 17.2 Å². The van der Waals surface area contributed by atoms with Gasteiger partial charge in [-0.1, -0.05) is 18.2 Å². The molecule has 0 aliphatic rings. The molecule has 0 amide bonds. The zero-order valence-corrected chi connectivity index (χ0v) is 15.9. The molecule has 1 heterocycles. The van der Waals surface area contributed by atoms with Crippen LogP contribution in [-0.4, -0.2) is 26.3 Å². The van der Waals surface area contributed by atoms with E-state index < -0.39 is 0 Å². The standard InChI is InChI=1S/C20H22N2O3S/c1-23-15-8-9-16(18(10-15)25-3)19-12-22-20(26-19)13-21-11-14-6-4-5-7-17(14)24-2/h4-10,12,21H,11,13H2,1-3H3. The van der Waals surface area contributed by atoms with Crippen LogP contribution in [0.25, 0.3) is 10.4 Å². The molecule has 0 saturated carbocycles. The molecule has 0 spiro atoms. The van der Waals surface area contributed by atoms with E-state index in [4.69, 9.17) is 14.2 Å². The van der Waals surface area contributed by atoms with Crippen molar-refractivity contribution in [3.05, 3.63) is 59.2 Å². The van der Waals surface area contributed by atoms with E-state index in [1.54, 1.807) is 32.7 Å². The van der Waals surface area contributed by atoms with Gasteiger partial charge in [-0.3, -0.25) is 0 Å². The van der Waals surface area contributed by atoms with Gasteiger partial charge in [-0.25, -0.2) is 4.98 Å². The van der Waals surface area contributed by atoms with Crippen LogP contribution in [-0.2, 0) is 13.1 Å². The monoisotopic (exact) mass is 370 g/mol. The largest absolute Gasteiger partial charge is 0.497 e. The number of nitrogens with one attached hydrogen (secondary N) is 1. The first kappa shape index (κ1) is 18.2. The van der Waals surface area contributed by atoms with E-state index in [0.717, 1.165) is 44.8 Å². The van der Waals surface area contributed by atoms with E-state index in [1.165, 1.54) is 0 Å². The van der Waals surface area contributed by atoms with Crippen LogP contribution in [0.3, 0.4) is 0 Å². The highest BCUT2D eigenvalue weighted by Crippen LogP contribution is 2.36. The third-order valence-electron chi connectivity index (χ3n) is 4.01. The zero-order chi connectivity index (χ0) is 18.4. The first-order valence-electron chi connectivity index (χ1n) is 8.25. The van der Waals surface area contributed by atoms with E-state index in [2.05, 4.69) is 16.4 Å². The molecular formula is C20H22N2O3S. The lowest BCUT2D eigenvalue weighted by molar-refractivity contribution is 0.395. The summed E-state index contributed by atoms with van der Waals surface area (Å²) in [6.45, 7) is 1.42. The summed E-state index contributed by atoms with van der Waals surface area (Å²) in [5.74, 6) is 2.44. The maximum absolute atomic E-state index is 5.49. The second-order valence-corrected chi connectivity index (χ2v) is 6.72. The fourth-order valence-electron chi connectivity index (χ4n) is 2.67. The Morgan fingerprint density at radius 1 is 0.923 bits per heavy atom. The second-order valence-electron chi connectivity index (χ2n) is 5.60. The molecule has 0 aliphatic heterocycles. The molecule has 0 radical (unpaired) electrons. The molecule has 26 heavy (non-hydrogen) atoms. The van der Waals surface area contributed by atoms with Gasteiger partial charge in [-0.15, -0.1) is 11.3 Å². The number of methoxy groups -OCH3 is 3. The van der Waals surface area contributed by atoms with Crippen LogP contribution < -0.4 is 19.5 Å². The van der Waals surface area contributed by atoms with Gasteiger partial charge in [0.1, 0.15) is 22.3 Å². The Labute approximate surface area is 157 Å². The number of hydrogen-bond acceptors (Lipinski definition) is 6. The molecule has 5 nitrogen and oxygen atoms in total. The van der Waals surface area contributed by atoms with Gasteiger partial charge >= 0.3 is 0 Å². The van der Waals surface area contributed by atoms with Crippen molar-refractivity contribution in [1.82, 2.24) is 10.3 Å². The molecule has 0 aliphatic carbocycles. The van der Waals surface area contributed by atoms with E-state index in [-0.39, 0.29) is 0 Å². The first-order chi connectivity index (χ1) is 12.7. The Morgan fingerprint density at radius 3 is 2.50 bits per heavy atom. The fourth-order valence-corrected chi connectivity index (χ4v) is 3.59. The summed E-state index contributed by atoms with van der Waals surface area (Å²) < 4.78 is 16.1. The summed E-state index contributed by atoms with van der Waals surface area (Å²) >= 11 is 1.65. The van der Waals surface area contributed by atoms with Crippen LogP contribution in [0.2, 0.25) is 0 Å². The summed E-state index contributed by atoms with van der Waals surface area (Å²) in [6, 6.07) is 13.8. The molecule has 0 atom stereocenters. The molecule has 136 valence electrons. The molecule has 0 unspecified atom stereocenters. The topological polar surface area (TPSA) is 52.6 Å². The summed E-state index contributed by atoms with van der Waals surface area (Å²) in [5.41, 5.74) is 2.14. The van der Waals surface area contributed by atoms with Gasteiger partial charge < -0.3 is 19.5 Å². The molecule has 0 bridgehead atoms. The average Bonchev–Trinajstić information content (AvgIpc) is 3.16. The van der Waals surface area contributed by atoms with Crippen LogP contribution in [0.4, 0.5) is 0 Å². The first-order valence-corrected chi connectivity index (χ1v) is 9.06. The maximum Gasteiger partial charge on any atom is 0.131 e. The van der Waals surface area contributed by atoms with Gasteiger partial charge in [0.05, 0.1) is 26.2 Å². The minimum atomic E-state index is 0.696. The van der Waals surface area contributed by atoms with Crippen molar-refractivity contribution in [1.29, 1.82) is 0 Å². The minimum Gasteiger partial charge on any atom is -0.497 e. The van der Waals surface area contributed by atoms with Crippen LogP contribution >= 0.6 is 11.3 Å². The summed E-state index contributed by atoms with van der Waals surface area (Å²) in [5, 5.41) is 4.44. The highest BCUT2D eigenvalue weighted by atomic mass is 32.1. The Morgan fingerprint density at radius 2 is 1.73 bits per heavy atom. The number of thiazole rings is 1. The predicted molar refractivity (Wildman–Crippen MR) is 104 cm³/mol. The maximum atomic E-state index is 5.49. The zero-order valence-electron chi connectivity index (χ0n) is 15.1. The van der Waals surface area contributed by atoms with E-state index in [9.17, 15) is 0 Å². The Kier molecular flexibility index (Phi) is 6.09. The van der Waals surface area contributed by atoms with E-state index in [0.29, 0.717) is 6.54 Å². The van der Waals surface area contributed by atoms with Crippen molar-refractivity contribution >= 4 is 11.3 Å². The summed E-state index contributed by atoms with van der Waals surface area (Å²) in [4.78, 5) is 5.59. The van der Waals surface area contributed by atoms with Gasteiger partial charge in [-0.05, 0) is 18.2 Å². The van der Waals surface area contributed by atoms with E-state index in [1.807, 2.05) is 42.6 Å². The average molecular weight is 370 g/mol. The third-order valence-corrected chi connectivity index (χ3v) is 5.04. The molecule has 0 saturated heterocycles. The molecule has 3 aromatic rings. The second kappa shape index (κ2) is 8.69. The smallest absolute Gasteiger partial charge is 0.131 e. The molecule has 1 aromatic heterocycles. The number of benzene rings is 2. The lowest BCUT2D eigenvalue weighted by Gasteiger charge is -2.09. The van der Waals surface area contributed by atoms with Gasteiger partial charge in [0.15, 0.2) is 0 Å². The Hall–Kier alpha value is -2.57. The van der Waals surface area contributed by atoms with Crippen molar-refractivity contribution in [2.75, 3.05) is 21.3 Å². The molecule has 2 aromatic carbocycles. The highest BCUT2D eigenvalue weighted by molar-refractivity contribution is 7.15. The number of aromatic nitrogens is 1. The normalized spacial score (nSPS) is 10.6. The van der Waals surface area contributed by atoms with Gasteiger partial charge in [0.2, 0.25) is 0 Å². The molecular weight excluding hydrogens is 348 g/mol. The number of para-hydroxylation sites is 1. The van der Waals surface area contributed by atoms with E-state index >= 15 is 0 Å². The van der Waals surface area contributed by atoms with Crippen molar-refractivity contribution in [2.45, 2.75) is 13.1 Å². The number of ether oxygens (including phenoxy) is 3. The summed E-state index contributed by atoms with van der Waals surface area (Å²) in [6.07, 6.45) is 1.88. The van der Waals surface area contributed by atoms with Crippen molar-refractivity contribution in [2.24, 2.45) is 0 Å². The van der Waals surface area contributed by atoms with Crippen molar-refractivity contribution in [3.63, 3.8) is 0 Å². The Bertz CT molecular complexity index is 864. The lowest BCUT2D eigenvalue weighted by Crippen LogP contribution is -2.13. The fraction of sp³-hybridized carbons (Fsp3) is 0.250. The minimum absolute atomic E-state index is 0.696. The summed E-state index contributed by atoms with van der Waals surface area (Å²) in [7, 11) is 5.00. The molecule has 3 rings (SSSR count). The van der Waals surface area contributed by atoms with Crippen LogP contribution in [0, 0.1) is 0 Å². The number of rotatable bonds is 8. The number of nitrogens with zero attached hydrogens (tertiary/aromatic N) is 1. The SMILES string of the molecule is COc1ccc(-c2cnc(CNCc3ccccc3OC)s2)c(OC)c1.